The fourth-order valence-electron chi connectivity index (χ4n) is 2.10. The quantitative estimate of drug-likeness (QED) is 0.722. The molecule has 0 spiro atoms. The molecule has 2 aromatic carbocycles. The second kappa shape index (κ2) is 6.39. The molecule has 23 heavy (non-hydrogen) atoms. The van der Waals surface area contributed by atoms with Crippen molar-refractivity contribution in [3.05, 3.63) is 70.6 Å². The van der Waals surface area contributed by atoms with Gasteiger partial charge in [0, 0.05) is 0 Å². The van der Waals surface area contributed by atoms with Crippen molar-refractivity contribution in [1.29, 1.82) is 0 Å². The molecule has 1 heterocycles. The van der Waals surface area contributed by atoms with Gasteiger partial charge in [0.25, 0.3) is 0 Å². The lowest BCUT2D eigenvalue weighted by atomic mass is 10.2. The first-order valence-electron chi connectivity index (χ1n) is 6.75. The van der Waals surface area contributed by atoms with Gasteiger partial charge in [-0.25, -0.2) is 4.79 Å². The Morgan fingerprint density at radius 1 is 1.04 bits per heavy atom. The molecule has 8 heteroatoms. The number of rotatable bonds is 5. The highest BCUT2D eigenvalue weighted by molar-refractivity contribution is 5.30. The van der Waals surface area contributed by atoms with E-state index in [-0.39, 0.29) is 12.3 Å². The number of nitrogens with zero attached hydrogens (tertiary/aromatic N) is 4. The lowest BCUT2D eigenvalue weighted by Crippen LogP contribution is -2.24. The lowest BCUT2D eigenvalue weighted by Gasteiger charge is -2.06. The van der Waals surface area contributed by atoms with Crippen LogP contribution >= 0.6 is 0 Å². The van der Waals surface area contributed by atoms with Gasteiger partial charge in [-0.2, -0.15) is 18.1 Å². The molecule has 0 aliphatic rings. The van der Waals surface area contributed by atoms with Crippen molar-refractivity contribution in [2.45, 2.75) is 13.2 Å². The molecule has 1 aromatic heterocycles. The van der Waals surface area contributed by atoms with E-state index < -0.39 is 12.3 Å². The minimum absolute atomic E-state index is 0.0287. The van der Waals surface area contributed by atoms with Gasteiger partial charge in [-0.3, -0.25) is 0 Å². The van der Waals surface area contributed by atoms with Crippen LogP contribution in [0.15, 0.2) is 59.4 Å². The Kier molecular flexibility index (Phi) is 4.13. The van der Waals surface area contributed by atoms with Crippen molar-refractivity contribution in [3.63, 3.8) is 0 Å². The summed E-state index contributed by atoms with van der Waals surface area (Å²) in [6.07, 6.45) is 0. The smallest absolute Gasteiger partial charge is 0.387 e. The molecule has 0 saturated carbocycles. The van der Waals surface area contributed by atoms with E-state index in [9.17, 15) is 13.6 Å². The van der Waals surface area contributed by atoms with Crippen LogP contribution < -0.4 is 10.4 Å². The molecule has 0 radical (unpaired) electrons. The number of halogens is 2. The van der Waals surface area contributed by atoms with Gasteiger partial charge >= 0.3 is 12.3 Å². The van der Waals surface area contributed by atoms with Gasteiger partial charge in [0.2, 0.25) is 0 Å². The van der Waals surface area contributed by atoms with Crippen molar-refractivity contribution in [3.8, 4) is 11.4 Å². The number of para-hydroxylation sites is 1. The van der Waals surface area contributed by atoms with Crippen molar-refractivity contribution in [2.24, 2.45) is 0 Å². The SMILES string of the molecule is O=c1n(Cc2cccc(OC(F)F)c2)nnn1-c1ccccc1. The van der Waals surface area contributed by atoms with Crippen LogP contribution in [0.4, 0.5) is 8.78 Å². The summed E-state index contributed by atoms with van der Waals surface area (Å²) in [7, 11) is 0. The molecule has 0 aliphatic heterocycles. The zero-order chi connectivity index (χ0) is 16.2. The average Bonchev–Trinajstić information content (AvgIpc) is 2.89. The van der Waals surface area contributed by atoms with Crippen LogP contribution in [0.25, 0.3) is 5.69 Å². The zero-order valence-corrected chi connectivity index (χ0v) is 11.8. The maximum Gasteiger partial charge on any atom is 0.387 e. The summed E-state index contributed by atoms with van der Waals surface area (Å²) in [5.74, 6) is 0.0287. The predicted molar refractivity (Wildman–Crippen MR) is 77.8 cm³/mol. The van der Waals surface area contributed by atoms with Gasteiger partial charge in [-0.05, 0) is 40.3 Å². The van der Waals surface area contributed by atoms with E-state index >= 15 is 0 Å². The minimum atomic E-state index is -2.90. The summed E-state index contributed by atoms with van der Waals surface area (Å²) in [6, 6.07) is 15.0. The van der Waals surface area contributed by atoms with Gasteiger partial charge in [0.05, 0.1) is 12.2 Å². The molecule has 0 bridgehead atoms. The minimum Gasteiger partial charge on any atom is -0.435 e. The Hall–Kier alpha value is -3.03. The topological polar surface area (TPSA) is 61.9 Å². The number of hydrogen-bond acceptors (Lipinski definition) is 4. The van der Waals surface area contributed by atoms with Gasteiger partial charge in [-0.15, -0.1) is 0 Å². The third-order valence-corrected chi connectivity index (χ3v) is 3.10. The van der Waals surface area contributed by atoms with Crippen LogP contribution in [-0.2, 0) is 6.54 Å². The van der Waals surface area contributed by atoms with Gasteiger partial charge < -0.3 is 4.74 Å². The molecule has 0 unspecified atom stereocenters. The van der Waals surface area contributed by atoms with Gasteiger partial charge in [0.15, 0.2) is 0 Å². The third kappa shape index (κ3) is 3.42. The van der Waals surface area contributed by atoms with Crippen LogP contribution in [-0.4, -0.2) is 26.4 Å². The number of tetrazole rings is 1. The Morgan fingerprint density at radius 3 is 2.57 bits per heavy atom. The Morgan fingerprint density at radius 2 is 1.83 bits per heavy atom. The van der Waals surface area contributed by atoms with E-state index in [1.165, 1.54) is 16.8 Å². The van der Waals surface area contributed by atoms with E-state index in [4.69, 9.17) is 0 Å². The highest BCUT2D eigenvalue weighted by Gasteiger charge is 2.10. The molecule has 3 rings (SSSR count). The zero-order valence-electron chi connectivity index (χ0n) is 11.8. The number of hydrogen-bond donors (Lipinski definition) is 0. The molecule has 6 nitrogen and oxygen atoms in total. The first kappa shape index (κ1) is 14.9. The Bertz CT molecular complexity index is 846. The molecule has 0 amide bonds. The Balaban J connectivity index is 1.84. The number of aromatic nitrogens is 4. The largest absolute Gasteiger partial charge is 0.435 e. The van der Waals surface area contributed by atoms with Crippen LogP contribution in [0.5, 0.6) is 5.75 Å². The van der Waals surface area contributed by atoms with Crippen molar-refractivity contribution < 1.29 is 13.5 Å². The van der Waals surface area contributed by atoms with Gasteiger partial charge in [-0.1, -0.05) is 30.3 Å². The first-order valence-corrected chi connectivity index (χ1v) is 6.75. The summed E-state index contributed by atoms with van der Waals surface area (Å²) >= 11 is 0. The average molecular weight is 318 g/mol. The van der Waals surface area contributed by atoms with Crippen LogP contribution in [0.2, 0.25) is 0 Å². The maximum absolute atomic E-state index is 12.3. The monoisotopic (exact) mass is 318 g/mol. The van der Waals surface area contributed by atoms with E-state index in [0.717, 1.165) is 4.68 Å². The Labute approximate surface area is 129 Å². The first-order chi connectivity index (χ1) is 11.1. The molecular weight excluding hydrogens is 306 g/mol. The van der Waals surface area contributed by atoms with E-state index in [2.05, 4.69) is 15.2 Å². The van der Waals surface area contributed by atoms with Crippen molar-refractivity contribution >= 4 is 0 Å². The second-order valence-electron chi connectivity index (χ2n) is 4.69. The summed E-state index contributed by atoms with van der Waals surface area (Å²) in [6.45, 7) is -2.79. The molecule has 0 N–H and O–H groups in total. The lowest BCUT2D eigenvalue weighted by molar-refractivity contribution is -0.0498. The second-order valence-corrected chi connectivity index (χ2v) is 4.69. The summed E-state index contributed by atoms with van der Waals surface area (Å²) < 4.78 is 31.1. The molecule has 118 valence electrons. The molecular formula is C15H12F2N4O2. The predicted octanol–water partition coefficient (Wildman–Crippen LogP) is 2.08. The molecule has 0 fully saturated rings. The van der Waals surface area contributed by atoms with E-state index in [1.807, 2.05) is 6.07 Å². The fourth-order valence-corrected chi connectivity index (χ4v) is 2.10. The third-order valence-electron chi connectivity index (χ3n) is 3.10. The normalized spacial score (nSPS) is 10.9. The van der Waals surface area contributed by atoms with E-state index in [0.29, 0.717) is 11.3 Å². The number of benzene rings is 2. The standard InChI is InChI=1S/C15H12F2N4O2/c16-14(17)23-13-8-4-5-11(9-13)10-20-15(22)21(19-18-20)12-6-2-1-3-7-12/h1-9,14H,10H2. The fraction of sp³-hybridized carbons (Fsp3) is 0.133. The maximum atomic E-state index is 12.3. The van der Waals surface area contributed by atoms with Crippen molar-refractivity contribution in [1.82, 2.24) is 19.8 Å². The van der Waals surface area contributed by atoms with E-state index in [1.54, 1.807) is 36.4 Å². The molecule has 0 aliphatic carbocycles. The summed E-state index contributed by atoms with van der Waals surface area (Å²) in [5.41, 5.74) is 0.778. The van der Waals surface area contributed by atoms with Crippen LogP contribution in [0.1, 0.15) is 5.56 Å². The molecule has 0 saturated heterocycles. The van der Waals surface area contributed by atoms with Gasteiger partial charge in [0.1, 0.15) is 5.75 Å². The highest BCUT2D eigenvalue weighted by Crippen LogP contribution is 2.16. The summed E-state index contributed by atoms with van der Waals surface area (Å²) in [4.78, 5) is 12.3. The highest BCUT2D eigenvalue weighted by atomic mass is 19.3. The van der Waals surface area contributed by atoms with Crippen LogP contribution in [0, 0.1) is 0 Å². The molecule has 0 atom stereocenters. The summed E-state index contributed by atoms with van der Waals surface area (Å²) in [5, 5.41) is 7.62. The number of ether oxygens (including phenoxy) is 1. The van der Waals surface area contributed by atoms with Crippen LogP contribution in [0.3, 0.4) is 0 Å². The number of alkyl halides is 2. The van der Waals surface area contributed by atoms with Crippen molar-refractivity contribution in [2.75, 3.05) is 0 Å². The molecule has 3 aromatic rings.